The van der Waals surface area contributed by atoms with Gasteiger partial charge in [-0.05, 0) is 73.2 Å². The molecule has 0 saturated heterocycles. The molecule has 1 heterocycles. The SMILES string of the molecule is CCCCc1ccc(N2C(=O)C(Nc3cccc(OC)c3)=C(c3ccc(C)c(C)c3)C2=O)cc1. The fourth-order valence-electron chi connectivity index (χ4n) is 4.08. The summed E-state index contributed by atoms with van der Waals surface area (Å²) in [6.07, 6.45) is 3.20. The van der Waals surface area contributed by atoms with Gasteiger partial charge < -0.3 is 10.1 Å². The average molecular weight is 455 g/mol. The molecule has 5 heteroatoms. The largest absolute Gasteiger partial charge is 0.497 e. The first-order valence-electron chi connectivity index (χ1n) is 11.6. The van der Waals surface area contributed by atoms with Gasteiger partial charge in [-0.15, -0.1) is 0 Å². The van der Waals surface area contributed by atoms with Crippen LogP contribution in [0.2, 0.25) is 0 Å². The van der Waals surface area contributed by atoms with Crippen molar-refractivity contribution in [3.63, 3.8) is 0 Å². The molecule has 0 aliphatic carbocycles. The van der Waals surface area contributed by atoms with Gasteiger partial charge in [0.2, 0.25) is 0 Å². The Labute approximate surface area is 201 Å². The van der Waals surface area contributed by atoms with Crippen LogP contribution in [0.25, 0.3) is 5.57 Å². The van der Waals surface area contributed by atoms with E-state index in [1.165, 1.54) is 10.5 Å². The van der Waals surface area contributed by atoms with Crippen LogP contribution >= 0.6 is 0 Å². The molecule has 3 aromatic carbocycles. The minimum Gasteiger partial charge on any atom is -0.497 e. The van der Waals surface area contributed by atoms with E-state index in [1.807, 2.05) is 74.5 Å². The maximum Gasteiger partial charge on any atom is 0.282 e. The predicted molar refractivity (Wildman–Crippen MR) is 137 cm³/mol. The fourth-order valence-corrected chi connectivity index (χ4v) is 4.08. The van der Waals surface area contributed by atoms with Crippen molar-refractivity contribution in [2.24, 2.45) is 0 Å². The number of anilines is 2. The molecule has 1 aliphatic rings. The lowest BCUT2D eigenvalue weighted by molar-refractivity contribution is -0.120. The van der Waals surface area contributed by atoms with Crippen molar-refractivity contribution >= 4 is 28.8 Å². The fraction of sp³-hybridized carbons (Fsp3) is 0.241. The van der Waals surface area contributed by atoms with Crippen LogP contribution in [0.4, 0.5) is 11.4 Å². The van der Waals surface area contributed by atoms with Crippen molar-refractivity contribution in [3.05, 3.63) is 94.7 Å². The highest BCUT2D eigenvalue weighted by Crippen LogP contribution is 2.35. The van der Waals surface area contributed by atoms with Gasteiger partial charge in [-0.1, -0.05) is 49.7 Å². The first-order chi connectivity index (χ1) is 16.4. The molecule has 1 aliphatic heterocycles. The minimum atomic E-state index is -0.373. The number of methoxy groups -OCH3 is 1. The molecular formula is C29H30N2O3. The summed E-state index contributed by atoms with van der Waals surface area (Å²) in [4.78, 5) is 28.6. The van der Waals surface area contributed by atoms with Gasteiger partial charge in [-0.2, -0.15) is 0 Å². The third-order valence-corrected chi connectivity index (χ3v) is 6.23. The van der Waals surface area contributed by atoms with Crippen molar-refractivity contribution in [1.29, 1.82) is 0 Å². The normalized spacial score (nSPS) is 13.6. The summed E-state index contributed by atoms with van der Waals surface area (Å²) in [5, 5.41) is 3.21. The monoisotopic (exact) mass is 454 g/mol. The van der Waals surface area contributed by atoms with Gasteiger partial charge in [0.15, 0.2) is 0 Å². The van der Waals surface area contributed by atoms with E-state index in [2.05, 4.69) is 12.2 Å². The van der Waals surface area contributed by atoms with Crippen LogP contribution < -0.4 is 15.0 Å². The van der Waals surface area contributed by atoms with Crippen molar-refractivity contribution in [1.82, 2.24) is 0 Å². The Kier molecular flexibility index (Phi) is 6.82. The summed E-state index contributed by atoms with van der Waals surface area (Å²) in [5.74, 6) is -0.0445. The van der Waals surface area contributed by atoms with E-state index in [-0.39, 0.29) is 17.5 Å². The van der Waals surface area contributed by atoms with Crippen LogP contribution in [0.3, 0.4) is 0 Å². The smallest absolute Gasteiger partial charge is 0.282 e. The summed E-state index contributed by atoms with van der Waals surface area (Å²) >= 11 is 0. The summed E-state index contributed by atoms with van der Waals surface area (Å²) < 4.78 is 5.32. The zero-order valence-electron chi connectivity index (χ0n) is 20.1. The standard InChI is InChI=1S/C29H30N2O3/c1-5-6-8-21-12-15-24(16-13-21)31-28(32)26(22-14-11-19(2)20(3)17-22)27(29(31)33)30-23-9-7-10-25(18-23)34-4/h7,9-18,30H,5-6,8H2,1-4H3. The summed E-state index contributed by atoms with van der Waals surface area (Å²) in [6, 6.07) is 20.8. The molecule has 0 bridgehead atoms. The van der Waals surface area contributed by atoms with E-state index in [0.29, 0.717) is 28.3 Å². The topological polar surface area (TPSA) is 58.6 Å². The number of nitrogens with one attached hydrogen (secondary N) is 1. The number of carbonyl (C=O) groups excluding carboxylic acids is 2. The number of carbonyl (C=O) groups is 2. The number of aryl methyl sites for hydroxylation is 3. The molecule has 34 heavy (non-hydrogen) atoms. The highest BCUT2D eigenvalue weighted by atomic mass is 16.5. The van der Waals surface area contributed by atoms with E-state index in [9.17, 15) is 9.59 Å². The second kappa shape index (κ2) is 9.96. The Morgan fingerprint density at radius 3 is 2.32 bits per heavy atom. The molecule has 1 N–H and O–H groups in total. The van der Waals surface area contributed by atoms with Crippen LogP contribution in [-0.2, 0) is 16.0 Å². The van der Waals surface area contributed by atoms with Crippen molar-refractivity contribution in [2.75, 3.05) is 17.3 Å². The molecule has 0 spiro atoms. The Morgan fingerprint density at radius 2 is 1.65 bits per heavy atom. The number of rotatable bonds is 8. The van der Waals surface area contributed by atoms with Gasteiger partial charge in [-0.25, -0.2) is 4.90 Å². The van der Waals surface area contributed by atoms with Crippen LogP contribution in [0.1, 0.15) is 42.0 Å². The third kappa shape index (κ3) is 4.60. The number of benzene rings is 3. The number of amides is 2. The van der Waals surface area contributed by atoms with Crippen molar-refractivity contribution in [3.8, 4) is 5.75 Å². The van der Waals surface area contributed by atoms with E-state index >= 15 is 0 Å². The zero-order chi connectivity index (χ0) is 24.2. The zero-order valence-corrected chi connectivity index (χ0v) is 20.1. The number of hydrogen-bond donors (Lipinski definition) is 1. The second-order valence-corrected chi connectivity index (χ2v) is 8.62. The molecule has 174 valence electrons. The van der Waals surface area contributed by atoms with Gasteiger partial charge in [0.05, 0.1) is 18.4 Å². The van der Waals surface area contributed by atoms with Gasteiger partial charge in [0, 0.05) is 11.8 Å². The molecule has 2 amide bonds. The summed E-state index contributed by atoms with van der Waals surface area (Å²) in [7, 11) is 1.59. The van der Waals surface area contributed by atoms with E-state index in [1.54, 1.807) is 13.2 Å². The number of nitrogens with zero attached hydrogens (tertiary/aromatic N) is 1. The maximum atomic E-state index is 13.7. The Balaban J connectivity index is 1.75. The molecule has 0 aromatic heterocycles. The number of hydrogen-bond acceptors (Lipinski definition) is 4. The van der Waals surface area contributed by atoms with E-state index < -0.39 is 0 Å². The molecule has 0 atom stereocenters. The molecule has 0 saturated carbocycles. The minimum absolute atomic E-state index is 0.261. The molecule has 0 unspecified atom stereocenters. The van der Waals surface area contributed by atoms with Gasteiger partial charge in [0.1, 0.15) is 11.4 Å². The lowest BCUT2D eigenvalue weighted by Crippen LogP contribution is -2.32. The molecule has 0 radical (unpaired) electrons. The average Bonchev–Trinajstić information content (AvgIpc) is 3.09. The first-order valence-corrected chi connectivity index (χ1v) is 11.6. The predicted octanol–water partition coefficient (Wildman–Crippen LogP) is 6.05. The third-order valence-electron chi connectivity index (χ3n) is 6.23. The van der Waals surface area contributed by atoms with Crippen LogP contribution in [0.15, 0.2) is 72.4 Å². The quantitative estimate of drug-likeness (QED) is 0.421. The van der Waals surface area contributed by atoms with E-state index in [0.717, 1.165) is 30.4 Å². The van der Waals surface area contributed by atoms with E-state index in [4.69, 9.17) is 4.74 Å². The Morgan fingerprint density at radius 1 is 0.882 bits per heavy atom. The van der Waals surface area contributed by atoms with Crippen molar-refractivity contribution < 1.29 is 14.3 Å². The van der Waals surface area contributed by atoms with Gasteiger partial charge in [-0.3, -0.25) is 9.59 Å². The van der Waals surface area contributed by atoms with Crippen molar-refractivity contribution in [2.45, 2.75) is 40.0 Å². The van der Waals surface area contributed by atoms with Crippen LogP contribution in [-0.4, -0.2) is 18.9 Å². The van der Waals surface area contributed by atoms with Crippen LogP contribution in [0.5, 0.6) is 5.75 Å². The van der Waals surface area contributed by atoms with Crippen LogP contribution in [0, 0.1) is 13.8 Å². The number of unbranched alkanes of at least 4 members (excludes halogenated alkanes) is 1. The summed E-state index contributed by atoms with van der Waals surface area (Å²) in [6.45, 7) is 6.19. The highest BCUT2D eigenvalue weighted by molar-refractivity contribution is 6.46. The number of ether oxygens (including phenoxy) is 1. The highest BCUT2D eigenvalue weighted by Gasteiger charge is 2.40. The molecular weight excluding hydrogens is 424 g/mol. The second-order valence-electron chi connectivity index (χ2n) is 8.62. The Hall–Kier alpha value is -3.86. The maximum absolute atomic E-state index is 13.7. The molecule has 4 rings (SSSR count). The molecule has 0 fully saturated rings. The van der Waals surface area contributed by atoms with Gasteiger partial charge >= 0.3 is 0 Å². The molecule has 3 aromatic rings. The number of imide groups is 1. The summed E-state index contributed by atoms with van der Waals surface area (Å²) in [5.41, 5.74) is 5.97. The lowest BCUT2D eigenvalue weighted by Gasteiger charge is -2.16. The van der Waals surface area contributed by atoms with Gasteiger partial charge in [0.25, 0.3) is 11.8 Å². The lowest BCUT2D eigenvalue weighted by atomic mass is 9.99. The Bertz CT molecular complexity index is 1260. The first kappa shape index (κ1) is 23.3. The molecule has 5 nitrogen and oxygen atoms in total.